The molecule has 158 valence electrons. The fourth-order valence-electron chi connectivity index (χ4n) is 3.24. The molecule has 0 aliphatic rings. The molecule has 0 spiro atoms. The van der Waals surface area contributed by atoms with E-state index < -0.39 is 0 Å². The van der Waals surface area contributed by atoms with E-state index in [4.69, 9.17) is 9.47 Å². The number of carbonyl (C=O) groups excluding carboxylic acids is 2. The predicted molar refractivity (Wildman–Crippen MR) is 122 cm³/mol. The summed E-state index contributed by atoms with van der Waals surface area (Å²) < 4.78 is 10.2. The van der Waals surface area contributed by atoms with Crippen molar-refractivity contribution in [3.63, 3.8) is 0 Å². The highest BCUT2D eigenvalue weighted by Crippen LogP contribution is 2.26. The van der Waals surface area contributed by atoms with Crippen molar-refractivity contribution >= 4 is 23.5 Å². The van der Waals surface area contributed by atoms with Crippen LogP contribution in [-0.2, 0) is 16.1 Å². The zero-order valence-electron chi connectivity index (χ0n) is 17.9. The largest absolute Gasteiger partial charge is 0.496 e. The predicted octanol–water partition coefficient (Wildman–Crippen LogP) is 4.68. The van der Waals surface area contributed by atoms with Crippen LogP contribution in [0.25, 0.3) is 11.6 Å². The maximum absolute atomic E-state index is 13.4. The molecule has 0 atom stereocenters. The van der Waals surface area contributed by atoms with Gasteiger partial charge in [-0.15, -0.1) is 0 Å². The molecule has 0 N–H and O–H groups in total. The van der Waals surface area contributed by atoms with Gasteiger partial charge in [-0.05, 0) is 35.4 Å². The van der Waals surface area contributed by atoms with E-state index in [1.165, 1.54) is 7.11 Å². The molecule has 3 aromatic rings. The van der Waals surface area contributed by atoms with Gasteiger partial charge in [0.05, 0.1) is 19.8 Å². The Morgan fingerprint density at radius 3 is 2.13 bits per heavy atom. The van der Waals surface area contributed by atoms with Crippen LogP contribution in [0.2, 0.25) is 0 Å². The van der Waals surface area contributed by atoms with E-state index in [9.17, 15) is 9.59 Å². The van der Waals surface area contributed by atoms with Crippen molar-refractivity contribution in [3.8, 4) is 5.75 Å². The van der Waals surface area contributed by atoms with Crippen LogP contribution in [0.4, 0.5) is 0 Å². The van der Waals surface area contributed by atoms with Crippen molar-refractivity contribution < 1.29 is 19.1 Å². The van der Waals surface area contributed by atoms with E-state index in [0.717, 1.165) is 16.7 Å². The summed E-state index contributed by atoms with van der Waals surface area (Å²) in [4.78, 5) is 26.7. The molecular weight excluding hydrogens is 390 g/mol. The lowest BCUT2D eigenvalue weighted by atomic mass is 10.0. The zero-order valence-corrected chi connectivity index (χ0v) is 17.9. The molecule has 5 nitrogen and oxygen atoms in total. The minimum atomic E-state index is -0.387. The molecule has 0 fully saturated rings. The molecule has 0 radical (unpaired) electrons. The second-order valence-electron chi connectivity index (χ2n) is 7.02. The van der Waals surface area contributed by atoms with E-state index >= 15 is 0 Å². The number of amides is 1. The third kappa shape index (κ3) is 5.39. The van der Waals surface area contributed by atoms with Gasteiger partial charge >= 0.3 is 5.97 Å². The quantitative estimate of drug-likeness (QED) is 0.319. The van der Waals surface area contributed by atoms with Crippen LogP contribution >= 0.6 is 0 Å². The number of carbonyl (C=O) groups is 2. The van der Waals surface area contributed by atoms with Crippen molar-refractivity contribution in [2.75, 3.05) is 21.3 Å². The zero-order chi connectivity index (χ0) is 22.2. The van der Waals surface area contributed by atoms with Crippen LogP contribution in [0.3, 0.4) is 0 Å². The second kappa shape index (κ2) is 10.3. The summed E-state index contributed by atoms with van der Waals surface area (Å²) in [5.74, 6) is 0.195. The van der Waals surface area contributed by atoms with Crippen molar-refractivity contribution in [2.24, 2.45) is 0 Å². The Morgan fingerprint density at radius 1 is 0.839 bits per heavy atom. The third-order valence-corrected chi connectivity index (χ3v) is 4.90. The topological polar surface area (TPSA) is 55.8 Å². The number of esters is 1. The lowest BCUT2D eigenvalue weighted by molar-refractivity contribution is -0.124. The molecule has 0 aliphatic carbocycles. The fourth-order valence-corrected chi connectivity index (χ4v) is 3.24. The fraction of sp³-hybridized carbons (Fsp3) is 0.154. The number of para-hydroxylation sites is 1. The molecule has 3 aromatic carbocycles. The average Bonchev–Trinajstić information content (AvgIpc) is 2.82. The van der Waals surface area contributed by atoms with E-state index in [1.54, 1.807) is 31.2 Å². The Morgan fingerprint density at radius 2 is 1.48 bits per heavy atom. The monoisotopic (exact) mass is 415 g/mol. The Bertz CT molecular complexity index is 1070. The number of rotatable bonds is 7. The second-order valence-corrected chi connectivity index (χ2v) is 7.02. The molecule has 0 aliphatic heterocycles. The van der Waals surface area contributed by atoms with Gasteiger partial charge in [0.15, 0.2) is 0 Å². The normalized spacial score (nSPS) is 11.0. The smallest absolute Gasteiger partial charge is 0.337 e. The highest BCUT2D eigenvalue weighted by Gasteiger charge is 2.18. The first kappa shape index (κ1) is 21.8. The van der Waals surface area contributed by atoms with Crippen molar-refractivity contribution in [2.45, 2.75) is 6.54 Å². The van der Waals surface area contributed by atoms with Gasteiger partial charge in [0.1, 0.15) is 5.75 Å². The van der Waals surface area contributed by atoms with Crippen LogP contribution in [0.5, 0.6) is 5.75 Å². The van der Waals surface area contributed by atoms with Gasteiger partial charge in [-0.3, -0.25) is 4.79 Å². The van der Waals surface area contributed by atoms with Gasteiger partial charge in [-0.25, -0.2) is 4.79 Å². The van der Waals surface area contributed by atoms with E-state index in [2.05, 4.69) is 0 Å². The van der Waals surface area contributed by atoms with Gasteiger partial charge in [-0.1, -0.05) is 60.7 Å². The first-order chi connectivity index (χ1) is 15.0. The maximum Gasteiger partial charge on any atom is 0.337 e. The Kier molecular flexibility index (Phi) is 7.22. The summed E-state index contributed by atoms with van der Waals surface area (Å²) in [6.07, 6.45) is 1.85. The Labute approximate surface area is 182 Å². The van der Waals surface area contributed by atoms with Crippen LogP contribution < -0.4 is 4.74 Å². The van der Waals surface area contributed by atoms with E-state index in [0.29, 0.717) is 23.4 Å². The summed E-state index contributed by atoms with van der Waals surface area (Å²) in [6, 6.07) is 24.2. The number of likely N-dealkylation sites (N-methyl/N-ethyl adjacent to an activating group) is 1. The number of benzene rings is 3. The Hall–Kier alpha value is -3.86. The molecule has 0 unspecified atom stereocenters. The molecular formula is C26H25NO4. The van der Waals surface area contributed by atoms with Gasteiger partial charge < -0.3 is 14.4 Å². The standard InChI is InChI=1S/C26H25NO4/c1-27(18-19-13-15-21(16-14-19)26(29)31-3)25(28)23(20-9-5-4-6-10-20)17-22-11-7-8-12-24(22)30-2/h4-17H,18H2,1-3H3/b23-17+. The average molecular weight is 415 g/mol. The van der Waals surface area contributed by atoms with E-state index in [1.807, 2.05) is 72.8 Å². The van der Waals surface area contributed by atoms with Crippen LogP contribution in [0.1, 0.15) is 27.0 Å². The number of methoxy groups -OCH3 is 2. The van der Waals surface area contributed by atoms with Crippen LogP contribution in [0, 0.1) is 0 Å². The van der Waals surface area contributed by atoms with Crippen LogP contribution in [0.15, 0.2) is 78.9 Å². The number of nitrogens with zero attached hydrogens (tertiary/aromatic N) is 1. The van der Waals surface area contributed by atoms with Gasteiger partial charge in [-0.2, -0.15) is 0 Å². The van der Waals surface area contributed by atoms with Crippen molar-refractivity contribution in [3.05, 3.63) is 101 Å². The molecule has 0 aromatic heterocycles. The number of hydrogen-bond donors (Lipinski definition) is 0. The molecule has 0 saturated carbocycles. The molecule has 1 amide bonds. The van der Waals surface area contributed by atoms with Gasteiger partial charge in [0.25, 0.3) is 5.91 Å². The number of hydrogen-bond acceptors (Lipinski definition) is 4. The highest BCUT2D eigenvalue weighted by atomic mass is 16.5. The number of ether oxygens (including phenoxy) is 2. The molecule has 3 rings (SSSR count). The highest BCUT2D eigenvalue weighted by molar-refractivity contribution is 6.24. The molecule has 5 heteroatoms. The molecule has 0 heterocycles. The summed E-state index contributed by atoms with van der Waals surface area (Å²) in [7, 11) is 4.72. The SMILES string of the molecule is COC(=O)c1ccc(CN(C)C(=O)/C(=C/c2ccccc2OC)c2ccccc2)cc1. The maximum atomic E-state index is 13.4. The minimum Gasteiger partial charge on any atom is -0.496 e. The van der Waals surface area contributed by atoms with Crippen LogP contribution in [-0.4, -0.2) is 38.0 Å². The van der Waals surface area contributed by atoms with E-state index in [-0.39, 0.29) is 11.9 Å². The summed E-state index contributed by atoms with van der Waals surface area (Å²) in [5, 5.41) is 0. The van der Waals surface area contributed by atoms with Gasteiger partial charge in [0.2, 0.25) is 0 Å². The lowest BCUT2D eigenvalue weighted by Crippen LogP contribution is -2.27. The third-order valence-electron chi connectivity index (χ3n) is 4.90. The molecule has 0 saturated heterocycles. The van der Waals surface area contributed by atoms with Gasteiger partial charge in [0, 0.05) is 24.7 Å². The first-order valence-corrected chi connectivity index (χ1v) is 9.86. The summed E-state index contributed by atoms with van der Waals surface area (Å²) in [6.45, 7) is 0.399. The molecule has 31 heavy (non-hydrogen) atoms. The summed E-state index contributed by atoms with van der Waals surface area (Å²) in [5.41, 5.74) is 3.60. The Balaban J connectivity index is 1.89. The lowest BCUT2D eigenvalue weighted by Gasteiger charge is -2.20. The minimum absolute atomic E-state index is 0.117. The summed E-state index contributed by atoms with van der Waals surface area (Å²) >= 11 is 0. The van der Waals surface area contributed by atoms with Crippen molar-refractivity contribution in [1.82, 2.24) is 4.90 Å². The first-order valence-electron chi connectivity index (χ1n) is 9.86. The molecule has 0 bridgehead atoms. The van der Waals surface area contributed by atoms with Crippen molar-refractivity contribution in [1.29, 1.82) is 0 Å².